The van der Waals surface area contributed by atoms with Gasteiger partial charge in [0.15, 0.2) is 0 Å². The summed E-state index contributed by atoms with van der Waals surface area (Å²) in [4.78, 5) is 17.0. The summed E-state index contributed by atoms with van der Waals surface area (Å²) in [6.07, 6.45) is 3.48. The van der Waals surface area contributed by atoms with Crippen molar-refractivity contribution in [2.45, 2.75) is 13.8 Å². The highest BCUT2D eigenvalue weighted by Crippen LogP contribution is 2.12. The second kappa shape index (κ2) is 6.96. The number of benzene rings is 1. The molecular formula is C18H24N4O. The van der Waals surface area contributed by atoms with Crippen LogP contribution in [-0.4, -0.2) is 58.2 Å². The molecule has 0 bridgehead atoms. The predicted octanol–water partition coefficient (Wildman–Crippen LogP) is 2.29. The number of piperazine rings is 1. The normalized spacial score (nSPS) is 16.0. The van der Waals surface area contributed by atoms with E-state index >= 15 is 0 Å². The maximum Gasteiger partial charge on any atom is 0.257 e. The molecule has 2 aromatic rings. The van der Waals surface area contributed by atoms with E-state index in [1.807, 2.05) is 41.4 Å². The van der Waals surface area contributed by atoms with Crippen molar-refractivity contribution in [3.05, 3.63) is 48.3 Å². The highest BCUT2D eigenvalue weighted by Gasteiger charge is 2.23. The van der Waals surface area contributed by atoms with E-state index in [4.69, 9.17) is 0 Å². The van der Waals surface area contributed by atoms with Crippen LogP contribution in [0.15, 0.2) is 42.7 Å². The zero-order valence-corrected chi connectivity index (χ0v) is 13.9. The lowest BCUT2D eigenvalue weighted by Gasteiger charge is -2.35. The van der Waals surface area contributed by atoms with E-state index in [0.717, 1.165) is 38.4 Å². The van der Waals surface area contributed by atoms with Gasteiger partial charge in [0.2, 0.25) is 0 Å². The Morgan fingerprint density at radius 1 is 1.13 bits per heavy atom. The molecule has 0 atom stereocenters. The van der Waals surface area contributed by atoms with E-state index in [-0.39, 0.29) is 5.91 Å². The molecule has 0 radical (unpaired) electrons. The van der Waals surface area contributed by atoms with Gasteiger partial charge >= 0.3 is 0 Å². The Bertz CT molecular complexity index is 642. The Labute approximate surface area is 137 Å². The summed E-state index contributed by atoms with van der Waals surface area (Å²) in [6.45, 7) is 9.07. The van der Waals surface area contributed by atoms with Gasteiger partial charge in [-0.25, -0.2) is 4.68 Å². The van der Waals surface area contributed by atoms with Crippen molar-refractivity contribution >= 4 is 5.91 Å². The van der Waals surface area contributed by atoms with Gasteiger partial charge in [0.1, 0.15) is 0 Å². The minimum atomic E-state index is 0.0800. The third-order valence-corrected chi connectivity index (χ3v) is 4.13. The monoisotopic (exact) mass is 312 g/mol. The van der Waals surface area contributed by atoms with Gasteiger partial charge in [-0.05, 0) is 18.1 Å². The standard InChI is InChI=1S/C18H24N4O/c1-15(2)13-20-8-10-21(11-9-20)18(23)16-12-19-22(14-16)17-6-4-3-5-7-17/h3-7,12,14-15H,8-11,13H2,1-2H3. The number of aromatic nitrogens is 2. The molecule has 1 aromatic heterocycles. The first-order valence-corrected chi connectivity index (χ1v) is 8.25. The molecule has 5 nitrogen and oxygen atoms in total. The lowest BCUT2D eigenvalue weighted by molar-refractivity contribution is 0.0624. The van der Waals surface area contributed by atoms with Crippen LogP contribution in [0.5, 0.6) is 0 Å². The van der Waals surface area contributed by atoms with Crippen LogP contribution in [-0.2, 0) is 0 Å². The Morgan fingerprint density at radius 2 is 1.83 bits per heavy atom. The number of amides is 1. The molecule has 23 heavy (non-hydrogen) atoms. The van der Waals surface area contributed by atoms with Crippen molar-refractivity contribution in [3.63, 3.8) is 0 Å². The SMILES string of the molecule is CC(C)CN1CCN(C(=O)c2cnn(-c3ccccc3)c2)CC1. The van der Waals surface area contributed by atoms with Crippen LogP contribution in [0.2, 0.25) is 0 Å². The number of nitrogens with zero attached hydrogens (tertiary/aromatic N) is 4. The van der Waals surface area contributed by atoms with E-state index in [1.54, 1.807) is 10.9 Å². The van der Waals surface area contributed by atoms with E-state index in [2.05, 4.69) is 23.8 Å². The third kappa shape index (κ3) is 3.79. The van der Waals surface area contributed by atoms with Crippen molar-refractivity contribution in [1.82, 2.24) is 19.6 Å². The molecule has 1 aliphatic heterocycles. The zero-order chi connectivity index (χ0) is 16.2. The van der Waals surface area contributed by atoms with Crippen LogP contribution in [0.1, 0.15) is 24.2 Å². The van der Waals surface area contributed by atoms with E-state index < -0.39 is 0 Å². The minimum absolute atomic E-state index is 0.0800. The number of hydrogen-bond acceptors (Lipinski definition) is 3. The molecule has 0 N–H and O–H groups in total. The summed E-state index contributed by atoms with van der Waals surface area (Å²) in [5, 5.41) is 4.32. The topological polar surface area (TPSA) is 41.4 Å². The van der Waals surface area contributed by atoms with Gasteiger partial charge in [-0.3, -0.25) is 9.69 Å². The lowest BCUT2D eigenvalue weighted by Crippen LogP contribution is -2.49. The van der Waals surface area contributed by atoms with Gasteiger partial charge in [-0.1, -0.05) is 32.0 Å². The van der Waals surface area contributed by atoms with E-state index in [0.29, 0.717) is 11.5 Å². The third-order valence-electron chi connectivity index (χ3n) is 4.13. The second-order valence-corrected chi connectivity index (χ2v) is 6.50. The van der Waals surface area contributed by atoms with Crippen LogP contribution in [0, 0.1) is 5.92 Å². The fourth-order valence-electron chi connectivity index (χ4n) is 2.99. The Morgan fingerprint density at radius 3 is 2.48 bits per heavy atom. The largest absolute Gasteiger partial charge is 0.336 e. The molecule has 0 unspecified atom stereocenters. The average Bonchev–Trinajstić information content (AvgIpc) is 3.05. The molecule has 3 rings (SSSR count). The summed E-state index contributed by atoms with van der Waals surface area (Å²) >= 11 is 0. The summed E-state index contributed by atoms with van der Waals surface area (Å²) in [7, 11) is 0. The molecular weight excluding hydrogens is 288 g/mol. The van der Waals surface area contributed by atoms with Gasteiger partial charge in [-0.15, -0.1) is 0 Å². The van der Waals surface area contributed by atoms with Crippen LogP contribution in [0.4, 0.5) is 0 Å². The number of para-hydroxylation sites is 1. The van der Waals surface area contributed by atoms with Gasteiger partial charge in [0, 0.05) is 38.9 Å². The van der Waals surface area contributed by atoms with Crippen molar-refractivity contribution < 1.29 is 4.79 Å². The van der Waals surface area contributed by atoms with Gasteiger partial charge in [0.05, 0.1) is 17.4 Å². The quantitative estimate of drug-likeness (QED) is 0.870. The van der Waals surface area contributed by atoms with Crippen LogP contribution in [0.25, 0.3) is 5.69 Å². The molecule has 1 fully saturated rings. The minimum Gasteiger partial charge on any atom is -0.336 e. The highest BCUT2D eigenvalue weighted by molar-refractivity contribution is 5.93. The van der Waals surface area contributed by atoms with Crippen molar-refractivity contribution in [1.29, 1.82) is 0 Å². The van der Waals surface area contributed by atoms with Gasteiger partial charge in [0.25, 0.3) is 5.91 Å². The molecule has 2 heterocycles. The van der Waals surface area contributed by atoms with Crippen molar-refractivity contribution in [2.75, 3.05) is 32.7 Å². The van der Waals surface area contributed by atoms with Crippen molar-refractivity contribution in [2.24, 2.45) is 5.92 Å². The lowest BCUT2D eigenvalue weighted by atomic mass is 10.2. The smallest absolute Gasteiger partial charge is 0.257 e. The molecule has 122 valence electrons. The molecule has 1 aromatic carbocycles. The number of carbonyl (C=O) groups excluding carboxylic acids is 1. The molecule has 0 spiro atoms. The summed E-state index contributed by atoms with van der Waals surface area (Å²) in [5.74, 6) is 0.748. The first kappa shape index (κ1) is 15.7. The fraction of sp³-hybridized carbons (Fsp3) is 0.444. The van der Waals surface area contributed by atoms with Crippen LogP contribution < -0.4 is 0 Å². The van der Waals surface area contributed by atoms with Crippen LogP contribution in [0.3, 0.4) is 0 Å². The molecule has 5 heteroatoms. The molecule has 0 aliphatic carbocycles. The summed E-state index contributed by atoms with van der Waals surface area (Å²) in [5.41, 5.74) is 1.62. The Hall–Kier alpha value is -2.14. The maximum absolute atomic E-state index is 12.6. The first-order valence-electron chi connectivity index (χ1n) is 8.25. The van der Waals surface area contributed by atoms with Gasteiger partial charge < -0.3 is 4.90 Å². The predicted molar refractivity (Wildman–Crippen MR) is 90.7 cm³/mol. The summed E-state index contributed by atoms with van der Waals surface area (Å²) < 4.78 is 1.75. The molecule has 1 saturated heterocycles. The van der Waals surface area contributed by atoms with E-state index in [9.17, 15) is 4.79 Å². The maximum atomic E-state index is 12.6. The first-order chi connectivity index (χ1) is 11.1. The highest BCUT2D eigenvalue weighted by atomic mass is 16.2. The molecule has 1 amide bonds. The zero-order valence-electron chi connectivity index (χ0n) is 13.9. The fourth-order valence-corrected chi connectivity index (χ4v) is 2.99. The number of hydrogen-bond donors (Lipinski definition) is 0. The van der Waals surface area contributed by atoms with Crippen molar-refractivity contribution in [3.8, 4) is 5.69 Å². The van der Waals surface area contributed by atoms with Crippen LogP contribution >= 0.6 is 0 Å². The van der Waals surface area contributed by atoms with E-state index in [1.165, 1.54) is 0 Å². The number of rotatable bonds is 4. The van der Waals surface area contributed by atoms with Gasteiger partial charge in [-0.2, -0.15) is 5.10 Å². The molecule has 1 aliphatic rings. The summed E-state index contributed by atoms with van der Waals surface area (Å²) in [6, 6.07) is 9.85. The Balaban J connectivity index is 1.62. The number of carbonyl (C=O) groups is 1. The molecule has 0 saturated carbocycles. The Kier molecular flexibility index (Phi) is 4.76. The second-order valence-electron chi connectivity index (χ2n) is 6.50. The average molecular weight is 312 g/mol.